The number of alkyl halides is 3. The van der Waals surface area contributed by atoms with Crippen molar-refractivity contribution in [3.05, 3.63) is 100 Å². The summed E-state index contributed by atoms with van der Waals surface area (Å²) in [5.41, 5.74) is 2.92. The molecule has 0 saturated carbocycles. The van der Waals surface area contributed by atoms with Crippen LogP contribution in [0, 0.1) is 5.92 Å². The lowest BCUT2D eigenvalue weighted by Crippen LogP contribution is -2.33. The molecule has 0 aromatic heterocycles. The number of hydrogen-bond donors (Lipinski definition) is 2. The van der Waals surface area contributed by atoms with Gasteiger partial charge in [-0.2, -0.15) is 13.2 Å². The van der Waals surface area contributed by atoms with Crippen LogP contribution in [0.5, 0.6) is 0 Å². The van der Waals surface area contributed by atoms with Crippen LogP contribution >= 0.6 is 0 Å². The van der Waals surface area contributed by atoms with E-state index >= 15 is 0 Å². The maximum absolute atomic E-state index is 13.8. The average Bonchev–Trinajstić information content (AvgIpc) is 3.12. The molecular formula is C24H18F3NO2. The van der Waals surface area contributed by atoms with Crippen molar-refractivity contribution in [1.29, 1.82) is 0 Å². The number of halogens is 3. The van der Waals surface area contributed by atoms with E-state index < -0.39 is 23.8 Å². The Morgan fingerprint density at radius 1 is 0.900 bits per heavy atom. The molecule has 6 heteroatoms. The molecule has 30 heavy (non-hydrogen) atoms. The number of anilines is 1. The minimum absolute atomic E-state index is 0.0739. The summed E-state index contributed by atoms with van der Waals surface area (Å²) in [7, 11) is 0. The first-order chi connectivity index (χ1) is 14.4. The van der Waals surface area contributed by atoms with Crippen LogP contribution in [0.4, 0.5) is 18.9 Å². The number of para-hydroxylation sites is 1. The summed E-state index contributed by atoms with van der Waals surface area (Å²) in [5.74, 6) is -1.42. The third-order valence-corrected chi connectivity index (χ3v) is 6.27. The standard InChI is InChI=1S/C24H18F3NO2/c25-24(26,27)19-11-4-3-8-15(19)21-18-12-13-6-1-2-7-14(13)20(18)16-9-5-10-17(23(29)30)22(16)28-21/h1-11,18,20-21,28H,12H2,(H,29,30)/t18-,20+,21-/m1/s1. The molecule has 2 N–H and O–H groups in total. The fourth-order valence-corrected chi connectivity index (χ4v) is 5.10. The molecule has 3 nitrogen and oxygen atoms in total. The van der Waals surface area contributed by atoms with Gasteiger partial charge in [-0.3, -0.25) is 0 Å². The fraction of sp³-hybridized carbons (Fsp3) is 0.208. The van der Waals surface area contributed by atoms with E-state index in [9.17, 15) is 23.1 Å². The lowest BCUT2D eigenvalue weighted by molar-refractivity contribution is -0.138. The summed E-state index contributed by atoms with van der Waals surface area (Å²) in [5, 5.41) is 12.9. The average molecular weight is 409 g/mol. The Labute approximate surface area is 171 Å². The predicted octanol–water partition coefficient (Wildman–Crippen LogP) is 5.87. The number of carbonyl (C=O) groups is 1. The first-order valence-corrected chi connectivity index (χ1v) is 9.73. The largest absolute Gasteiger partial charge is 0.478 e. The number of aromatic carboxylic acids is 1. The van der Waals surface area contributed by atoms with Crippen molar-refractivity contribution in [3.8, 4) is 0 Å². The number of rotatable bonds is 2. The second-order valence-corrected chi connectivity index (χ2v) is 7.83. The van der Waals surface area contributed by atoms with Gasteiger partial charge in [0.05, 0.1) is 22.9 Å². The van der Waals surface area contributed by atoms with Gasteiger partial charge in [-0.25, -0.2) is 4.79 Å². The van der Waals surface area contributed by atoms with E-state index in [0.29, 0.717) is 12.1 Å². The smallest absolute Gasteiger partial charge is 0.416 e. The van der Waals surface area contributed by atoms with Gasteiger partial charge < -0.3 is 10.4 Å². The van der Waals surface area contributed by atoms with Gasteiger partial charge in [0, 0.05) is 5.92 Å². The van der Waals surface area contributed by atoms with Gasteiger partial charge in [0.2, 0.25) is 0 Å². The van der Waals surface area contributed by atoms with Crippen LogP contribution in [0.1, 0.15) is 50.1 Å². The Morgan fingerprint density at radius 3 is 2.30 bits per heavy atom. The second-order valence-electron chi connectivity index (χ2n) is 7.83. The number of benzene rings is 3. The molecular weight excluding hydrogens is 391 g/mol. The summed E-state index contributed by atoms with van der Waals surface area (Å²) in [4.78, 5) is 11.9. The molecule has 5 rings (SSSR count). The zero-order valence-electron chi connectivity index (χ0n) is 15.8. The third-order valence-electron chi connectivity index (χ3n) is 6.27. The Bertz CT molecular complexity index is 1160. The molecule has 0 amide bonds. The Kier molecular flexibility index (Phi) is 4.13. The van der Waals surface area contributed by atoms with E-state index in [1.807, 2.05) is 30.3 Å². The highest BCUT2D eigenvalue weighted by Gasteiger charge is 2.46. The maximum atomic E-state index is 13.8. The molecule has 3 aromatic carbocycles. The van der Waals surface area contributed by atoms with E-state index in [1.165, 1.54) is 18.2 Å². The lowest BCUT2D eigenvalue weighted by atomic mass is 9.74. The van der Waals surface area contributed by atoms with Crippen LogP contribution in [0.25, 0.3) is 0 Å². The molecule has 1 aliphatic carbocycles. The highest BCUT2D eigenvalue weighted by atomic mass is 19.4. The maximum Gasteiger partial charge on any atom is 0.416 e. The van der Waals surface area contributed by atoms with Crippen molar-refractivity contribution >= 4 is 11.7 Å². The van der Waals surface area contributed by atoms with Gasteiger partial charge in [-0.05, 0) is 46.7 Å². The molecule has 0 fully saturated rings. The number of carboxylic acids is 1. The number of fused-ring (bicyclic) bond motifs is 5. The Morgan fingerprint density at radius 2 is 1.57 bits per heavy atom. The van der Waals surface area contributed by atoms with Crippen molar-refractivity contribution in [1.82, 2.24) is 0 Å². The molecule has 3 aromatic rings. The Hall–Kier alpha value is -3.28. The molecule has 152 valence electrons. The van der Waals surface area contributed by atoms with Crippen LogP contribution in [0.2, 0.25) is 0 Å². The van der Waals surface area contributed by atoms with E-state index in [-0.39, 0.29) is 23.0 Å². The minimum Gasteiger partial charge on any atom is -0.478 e. The lowest BCUT2D eigenvalue weighted by Gasteiger charge is -2.39. The van der Waals surface area contributed by atoms with Gasteiger partial charge >= 0.3 is 12.1 Å². The molecule has 1 heterocycles. The quantitative estimate of drug-likeness (QED) is 0.556. The molecule has 0 unspecified atom stereocenters. The first kappa shape index (κ1) is 18.7. The van der Waals surface area contributed by atoms with E-state index in [2.05, 4.69) is 5.32 Å². The van der Waals surface area contributed by atoms with Crippen LogP contribution in [0.3, 0.4) is 0 Å². The first-order valence-electron chi connectivity index (χ1n) is 9.73. The van der Waals surface area contributed by atoms with Crippen LogP contribution < -0.4 is 5.32 Å². The second kappa shape index (κ2) is 6.62. The van der Waals surface area contributed by atoms with Crippen molar-refractivity contribution in [2.45, 2.75) is 24.6 Å². The number of hydrogen-bond acceptors (Lipinski definition) is 2. The summed E-state index contributed by atoms with van der Waals surface area (Å²) in [6.07, 6.45) is -3.87. The molecule has 0 radical (unpaired) electrons. The molecule has 3 atom stereocenters. The third kappa shape index (κ3) is 2.78. The zero-order chi connectivity index (χ0) is 21.0. The Balaban J connectivity index is 1.75. The van der Waals surface area contributed by atoms with Crippen LogP contribution in [-0.4, -0.2) is 11.1 Å². The summed E-state index contributed by atoms with van der Waals surface area (Å²) in [6.45, 7) is 0. The highest BCUT2D eigenvalue weighted by molar-refractivity contribution is 5.96. The van der Waals surface area contributed by atoms with Gasteiger partial charge in [-0.15, -0.1) is 0 Å². The highest BCUT2D eigenvalue weighted by Crippen LogP contribution is 2.55. The zero-order valence-corrected chi connectivity index (χ0v) is 15.8. The van der Waals surface area contributed by atoms with E-state index in [1.54, 1.807) is 12.1 Å². The fourth-order valence-electron chi connectivity index (χ4n) is 5.10. The van der Waals surface area contributed by atoms with Crippen molar-refractivity contribution in [3.63, 3.8) is 0 Å². The predicted molar refractivity (Wildman–Crippen MR) is 107 cm³/mol. The summed E-state index contributed by atoms with van der Waals surface area (Å²) < 4.78 is 41.4. The van der Waals surface area contributed by atoms with Crippen molar-refractivity contribution in [2.24, 2.45) is 5.92 Å². The molecule has 0 saturated heterocycles. The molecule has 0 bridgehead atoms. The van der Waals surface area contributed by atoms with Gasteiger partial charge in [0.25, 0.3) is 0 Å². The number of nitrogens with one attached hydrogen (secondary N) is 1. The minimum atomic E-state index is -4.49. The van der Waals surface area contributed by atoms with Gasteiger partial charge in [0.1, 0.15) is 0 Å². The van der Waals surface area contributed by atoms with Gasteiger partial charge in [-0.1, -0.05) is 54.6 Å². The van der Waals surface area contributed by atoms with Crippen LogP contribution in [0.15, 0.2) is 66.7 Å². The molecule has 0 spiro atoms. The summed E-state index contributed by atoms with van der Waals surface area (Å²) >= 11 is 0. The molecule has 2 aliphatic rings. The van der Waals surface area contributed by atoms with Gasteiger partial charge in [0.15, 0.2) is 0 Å². The normalized spacial score (nSPS) is 21.9. The summed E-state index contributed by atoms with van der Waals surface area (Å²) in [6, 6.07) is 17.8. The van der Waals surface area contributed by atoms with Crippen molar-refractivity contribution < 1.29 is 23.1 Å². The van der Waals surface area contributed by atoms with E-state index in [0.717, 1.165) is 22.8 Å². The molecule has 1 aliphatic heterocycles. The van der Waals surface area contributed by atoms with E-state index in [4.69, 9.17) is 0 Å². The number of carboxylic acid groups (broad SMARTS) is 1. The SMILES string of the molecule is O=C(O)c1cccc2c1N[C@H](c1ccccc1C(F)(F)F)[C@@H]1Cc3ccccc3[C@@H]21. The monoisotopic (exact) mass is 409 g/mol. The van der Waals surface area contributed by atoms with Crippen LogP contribution in [-0.2, 0) is 12.6 Å². The van der Waals surface area contributed by atoms with Crippen molar-refractivity contribution in [2.75, 3.05) is 5.32 Å². The topological polar surface area (TPSA) is 49.3 Å².